The molecule has 0 aromatic carbocycles. The number of carbonyl (C=O) groups is 1. The molecule has 4 nitrogen and oxygen atoms in total. The average molecular weight is 270 g/mol. The van der Waals surface area contributed by atoms with E-state index in [1.54, 1.807) is 37.1 Å². The molecule has 0 unspecified atom stereocenters. The Morgan fingerprint density at radius 1 is 1.44 bits per heavy atom. The largest absolute Gasteiger partial charge is 0.389 e. The maximum Gasteiger partial charge on any atom is 0.236 e. The van der Waals surface area contributed by atoms with Crippen LogP contribution in [0.5, 0.6) is 0 Å². The van der Waals surface area contributed by atoms with Gasteiger partial charge >= 0.3 is 0 Å². The molecule has 0 spiro atoms. The van der Waals surface area contributed by atoms with E-state index in [0.717, 1.165) is 0 Å². The van der Waals surface area contributed by atoms with Gasteiger partial charge in [0.1, 0.15) is 0 Å². The molecule has 0 saturated heterocycles. The van der Waals surface area contributed by atoms with Gasteiger partial charge in [0, 0.05) is 18.5 Å². The molecule has 18 heavy (non-hydrogen) atoms. The van der Waals surface area contributed by atoms with E-state index in [1.165, 1.54) is 4.88 Å². The first kappa shape index (κ1) is 15.1. The van der Waals surface area contributed by atoms with Crippen LogP contribution in [0.15, 0.2) is 17.5 Å². The number of rotatable bonds is 6. The normalized spacial score (nSPS) is 11.9. The highest BCUT2D eigenvalue weighted by Gasteiger charge is 2.19. The van der Waals surface area contributed by atoms with Crippen molar-refractivity contribution < 1.29 is 9.90 Å². The quantitative estimate of drug-likeness (QED) is 0.850. The number of likely N-dealkylation sites (N-methyl/N-ethyl adjacent to an activating group) is 2. The first-order chi connectivity index (χ1) is 8.28. The third kappa shape index (κ3) is 5.62. The van der Waals surface area contributed by atoms with Crippen LogP contribution < -0.4 is 0 Å². The van der Waals surface area contributed by atoms with Crippen LogP contribution >= 0.6 is 11.3 Å². The summed E-state index contributed by atoms with van der Waals surface area (Å²) < 4.78 is 0. The molecule has 0 aliphatic carbocycles. The van der Waals surface area contributed by atoms with Gasteiger partial charge in [-0.05, 0) is 32.3 Å². The molecule has 1 amide bonds. The highest BCUT2D eigenvalue weighted by molar-refractivity contribution is 7.09. The third-order valence-electron chi connectivity index (χ3n) is 2.46. The van der Waals surface area contributed by atoms with Gasteiger partial charge in [-0.3, -0.25) is 9.69 Å². The van der Waals surface area contributed by atoms with Crippen LogP contribution in [0.2, 0.25) is 0 Å². The summed E-state index contributed by atoms with van der Waals surface area (Å²) in [5, 5.41) is 11.7. The van der Waals surface area contributed by atoms with Gasteiger partial charge in [0.15, 0.2) is 0 Å². The summed E-state index contributed by atoms with van der Waals surface area (Å²) in [6.45, 7) is 4.93. The summed E-state index contributed by atoms with van der Waals surface area (Å²) in [6.07, 6.45) is 0. The SMILES string of the molecule is CN(CC(=O)N(C)Cc1cccs1)CC(C)(C)O. The number of thiophene rings is 1. The second-order valence-corrected chi connectivity index (χ2v) is 6.35. The second-order valence-electron chi connectivity index (χ2n) is 5.31. The molecule has 5 heteroatoms. The summed E-state index contributed by atoms with van der Waals surface area (Å²) in [4.78, 5) is 16.7. The van der Waals surface area contributed by atoms with Crippen molar-refractivity contribution in [3.8, 4) is 0 Å². The zero-order chi connectivity index (χ0) is 13.8. The maximum absolute atomic E-state index is 12.0. The smallest absolute Gasteiger partial charge is 0.236 e. The van der Waals surface area contributed by atoms with Gasteiger partial charge in [0.05, 0.1) is 18.7 Å². The molecule has 0 aliphatic rings. The van der Waals surface area contributed by atoms with Gasteiger partial charge in [-0.2, -0.15) is 0 Å². The van der Waals surface area contributed by atoms with Crippen LogP contribution in [-0.2, 0) is 11.3 Å². The minimum atomic E-state index is -0.776. The molecule has 1 N–H and O–H groups in total. The van der Waals surface area contributed by atoms with E-state index < -0.39 is 5.60 Å². The number of aliphatic hydroxyl groups is 1. The Labute approximate surface area is 113 Å². The fourth-order valence-electron chi connectivity index (χ4n) is 1.79. The summed E-state index contributed by atoms with van der Waals surface area (Å²) in [5.41, 5.74) is -0.776. The minimum absolute atomic E-state index is 0.0650. The van der Waals surface area contributed by atoms with Crippen molar-refractivity contribution in [3.05, 3.63) is 22.4 Å². The summed E-state index contributed by atoms with van der Waals surface area (Å²) >= 11 is 1.65. The van der Waals surface area contributed by atoms with Gasteiger partial charge in [-0.1, -0.05) is 6.07 Å². The van der Waals surface area contributed by atoms with Crippen LogP contribution in [-0.4, -0.2) is 53.6 Å². The molecule has 0 aliphatic heterocycles. The molecule has 0 saturated carbocycles. The Morgan fingerprint density at radius 3 is 2.61 bits per heavy atom. The molecule has 0 radical (unpaired) electrons. The van der Waals surface area contributed by atoms with Crippen molar-refractivity contribution >= 4 is 17.2 Å². The lowest BCUT2D eigenvalue weighted by atomic mass is 10.1. The summed E-state index contributed by atoms with van der Waals surface area (Å²) in [5.74, 6) is 0.0650. The fourth-order valence-corrected chi connectivity index (χ4v) is 2.55. The van der Waals surface area contributed by atoms with E-state index in [9.17, 15) is 9.90 Å². The van der Waals surface area contributed by atoms with Crippen molar-refractivity contribution in [3.63, 3.8) is 0 Å². The topological polar surface area (TPSA) is 43.8 Å². The first-order valence-electron chi connectivity index (χ1n) is 5.95. The van der Waals surface area contributed by atoms with Gasteiger partial charge in [0.25, 0.3) is 0 Å². The molecule has 0 fully saturated rings. The van der Waals surface area contributed by atoms with Crippen molar-refractivity contribution in [2.75, 3.05) is 27.2 Å². The second kappa shape index (κ2) is 6.31. The van der Waals surface area contributed by atoms with E-state index in [2.05, 4.69) is 0 Å². The lowest BCUT2D eigenvalue weighted by Gasteiger charge is -2.26. The third-order valence-corrected chi connectivity index (χ3v) is 3.32. The molecule has 102 valence electrons. The van der Waals surface area contributed by atoms with Crippen LogP contribution in [0.25, 0.3) is 0 Å². The monoisotopic (exact) mass is 270 g/mol. The number of nitrogens with zero attached hydrogens (tertiary/aromatic N) is 2. The molecule has 1 aromatic heterocycles. The molecule has 1 rings (SSSR count). The van der Waals surface area contributed by atoms with E-state index in [4.69, 9.17) is 0 Å². The fraction of sp³-hybridized carbons (Fsp3) is 0.615. The maximum atomic E-state index is 12.0. The van der Waals surface area contributed by atoms with Crippen molar-refractivity contribution in [1.82, 2.24) is 9.80 Å². The molecule has 1 heterocycles. The van der Waals surface area contributed by atoms with Crippen molar-refractivity contribution in [2.45, 2.75) is 26.0 Å². The number of carbonyl (C=O) groups excluding carboxylic acids is 1. The Kier molecular flexibility index (Phi) is 5.31. The van der Waals surface area contributed by atoms with E-state index in [1.807, 2.05) is 29.5 Å². The van der Waals surface area contributed by atoms with Gasteiger partial charge in [-0.25, -0.2) is 0 Å². The zero-order valence-electron chi connectivity index (χ0n) is 11.5. The van der Waals surface area contributed by atoms with Crippen LogP contribution in [0.3, 0.4) is 0 Å². The molecule has 1 aromatic rings. The molecular formula is C13H22N2O2S. The predicted octanol–water partition coefficient (Wildman–Crippen LogP) is 1.41. The van der Waals surface area contributed by atoms with Crippen LogP contribution in [0.1, 0.15) is 18.7 Å². The Bertz CT molecular complexity index is 371. The van der Waals surface area contributed by atoms with Gasteiger partial charge in [-0.15, -0.1) is 11.3 Å². The van der Waals surface area contributed by atoms with Crippen LogP contribution in [0, 0.1) is 0 Å². The Morgan fingerprint density at radius 2 is 2.11 bits per heavy atom. The van der Waals surface area contributed by atoms with Crippen molar-refractivity contribution in [1.29, 1.82) is 0 Å². The standard InChI is InChI=1S/C13H22N2O2S/c1-13(2,17)10-14(3)9-12(16)15(4)8-11-6-5-7-18-11/h5-7,17H,8-10H2,1-4H3. The average Bonchev–Trinajstić information content (AvgIpc) is 2.66. The Balaban J connectivity index is 2.40. The van der Waals surface area contributed by atoms with Crippen molar-refractivity contribution in [2.24, 2.45) is 0 Å². The van der Waals surface area contributed by atoms with Gasteiger partial charge in [0.2, 0.25) is 5.91 Å². The molecule has 0 atom stereocenters. The first-order valence-corrected chi connectivity index (χ1v) is 6.83. The van der Waals surface area contributed by atoms with E-state index in [-0.39, 0.29) is 5.91 Å². The van der Waals surface area contributed by atoms with Crippen LogP contribution in [0.4, 0.5) is 0 Å². The zero-order valence-corrected chi connectivity index (χ0v) is 12.3. The lowest BCUT2D eigenvalue weighted by Crippen LogP contribution is -2.42. The van der Waals surface area contributed by atoms with E-state index >= 15 is 0 Å². The number of hydrogen-bond donors (Lipinski definition) is 1. The molecule has 0 bridgehead atoms. The lowest BCUT2D eigenvalue weighted by molar-refractivity contribution is -0.131. The van der Waals surface area contributed by atoms with E-state index in [0.29, 0.717) is 19.6 Å². The minimum Gasteiger partial charge on any atom is -0.389 e. The number of amides is 1. The highest BCUT2D eigenvalue weighted by atomic mass is 32.1. The predicted molar refractivity (Wildman–Crippen MR) is 74.6 cm³/mol. The van der Waals surface area contributed by atoms with Gasteiger partial charge < -0.3 is 10.0 Å². The summed E-state index contributed by atoms with van der Waals surface area (Å²) in [6, 6.07) is 4.01. The Hall–Kier alpha value is -0.910. The summed E-state index contributed by atoms with van der Waals surface area (Å²) in [7, 11) is 3.65. The highest BCUT2D eigenvalue weighted by Crippen LogP contribution is 2.11. The molecular weight excluding hydrogens is 248 g/mol. The number of hydrogen-bond acceptors (Lipinski definition) is 4.